The number of hydrogen-bond donors (Lipinski definition) is 1. The standard InChI is InChI=1S/C13H14FN3OS/c14-10-5-3-9(4-6-10)12-15-16-13(19)17(12)8-11-2-1-7-18-11/h3-6,11H,1-2,7-8H2,(H,16,19)/t11-/m1/s1. The van der Waals surface area contributed by atoms with Crippen LogP contribution in [0.4, 0.5) is 4.39 Å². The van der Waals surface area contributed by atoms with Gasteiger partial charge in [-0.25, -0.2) is 4.39 Å². The predicted molar refractivity (Wildman–Crippen MR) is 71.8 cm³/mol. The van der Waals surface area contributed by atoms with Crippen molar-refractivity contribution in [1.29, 1.82) is 0 Å². The minimum absolute atomic E-state index is 0.184. The highest BCUT2D eigenvalue weighted by atomic mass is 32.1. The molecule has 3 rings (SSSR count). The largest absolute Gasteiger partial charge is 0.376 e. The highest BCUT2D eigenvalue weighted by Crippen LogP contribution is 2.21. The van der Waals surface area contributed by atoms with Crippen LogP contribution in [0.3, 0.4) is 0 Å². The lowest BCUT2D eigenvalue weighted by Crippen LogP contribution is -2.16. The lowest BCUT2D eigenvalue weighted by molar-refractivity contribution is 0.0970. The number of nitrogens with one attached hydrogen (secondary N) is 1. The van der Waals surface area contributed by atoms with Crippen molar-refractivity contribution in [2.75, 3.05) is 6.61 Å². The molecule has 0 aliphatic carbocycles. The molecule has 2 heterocycles. The number of aromatic nitrogens is 3. The Balaban J connectivity index is 1.93. The van der Waals surface area contributed by atoms with E-state index in [0.29, 0.717) is 11.3 Å². The van der Waals surface area contributed by atoms with Gasteiger partial charge in [-0.05, 0) is 49.3 Å². The first-order valence-electron chi connectivity index (χ1n) is 6.27. The fraction of sp³-hybridized carbons (Fsp3) is 0.385. The maximum atomic E-state index is 13.0. The Morgan fingerprint density at radius 3 is 2.89 bits per heavy atom. The van der Waals surface area contributed by atoms with Gasteiger partial charge < -0.3 is 4.74 Å². The zero-order valence-corrected chi connectivity index (χ0v) is 11.1. The first-order valence-corrected chi connectivity index (χ1v) is 6.67. The van der Waals surface area contributed by atoms with E-state index in [1.165, 1.54) is 12.1 Å². The summed E-state index contributed by atoms with van der Waals surface area (Å²) in [5.74, 6) is 0.462. The van der Waals surface area contributed by atoms with E-state index in [-0.39, 0.29) is 11.9 Å². The van der Waals surface area contributed by atoms with Gasteiger partial charge in [-0.1, -0.05) is 0 Å². The second kappa shape index (κ2) is 5.22. The summed E-state index contributed by atoms with van der Waals surface area (Å²) in [4.78, 5) is 0. The maximum Gasteiger partial charge on any atom is 0.195 e. The maximum absolute atomic E-state index is 13.0. The molecule has 0 unspecified atom stereocenters. The molecule has 1 N–H and O–H groups in total. The van der Waals surface area contributed by atoms with Crippen LogP contribution in [-0.4, -0.2) is 27.5 Å². The van der Waals surface area contributed by atoms with Crippen molar-refractivity contribution in [1.82, 2.24) is 14.8 Å². The Morgan fingerprint density at radius 1 is 1.42 bits per heavy atom. The number of halogens is 1. The molecule has 1 aromatic carbocycles. The number of hydrogen-bond acceptors (Lipinski definition) is 3. The number of benzene rings is 1. The zero-order chi connectivity index (χ0) is 13.2. The van der Waals surface area contributed by atoms with Gasteiger partial charge in [-0.2, -0.15) is 5.10 Å². The van der Waals surface area contributed by atoms with Crippen molar-refractivity contribution in [3.05, 3.63) is 34.9 Å². The van der Waals surface area contributed by atoms with Crippen LogP contribution in [0.1, 0.15) is 12.8 Å². The minimum Gasteiger partial charge on any atom is -0.376 e. The van der Waals surface area contributed by atoms with Gasteiger partial charge >= 0.3 is 0 Å². The molecule has 1 aliphatic heterocycles. The number of rotatable bonds is 3. The number of ether oxygens (including phenoxy) is 1. The second-order valence-electron chi connectivity index (χ2n) is 4.60. The van der Waals surface area contributed by atoms with Crippen LogP contribution in [0.25, 0.3) is 11.4 Å². The van der Waals surface area contributed by atoms with Crippen LogP contribution in [-0.2, 0) is 11.3 Å². The van der Waals surface area contributed by atoms with Gasteiger partial charge in [0.25, 0.3) is 0 Å². The molecule has 100 valence electrons. The molecular weight excluding hydrogens is 265 g/mol. The van der Waals surface area contributed by atoms with Gasteiger partial charge in [0.05, 0.1) is 12.6 Å². The van der Waals surface area contributed by atoms with Crippen molar-refractivity contribution in [3.8, 4) is 11.4 Å². The molecule has 1 saturated heterocycles. The van der Waals surface area contributed by atoms with Gasteiger partial charge in [0.15, 0.2) is 10.6 Å². The summed E-state index contributed by atoms with van der Waals surface area (Å²) in [6.45, 7) is 1.49. The Labute approximate surface area is 115 Å². The molecule has 19 heavy (non-hydrogen) atoms. The van der Waals surface area contributed by atoms with Crippen molar-refractivity contribution >= 4 is 12.2 Å². The normalized spacial score (nSPS) is 18.9. The monoisotopic (exact) mass is 279 g/mol. The fourth-order valence-corrected chi connectivity index (χ4v) is 2.51. The van der Waals surface area contributed by atoms with E-state index in [1.807, 2.05) is 4.57 Å². The van der Waals surface area contributed by atoms with Crippen molar-refractivity contribution in [2.24, 2.45) is 0 Å². The molecule has 1 aromatic heterocycles. The highest BCUT2D eigenvalue weighted by molar-refractivity contribution is 7.71. The summed E-state index contributed by atoms with van der Waals surface area (Å²) in [5.41, 5.74) is 0.840. The Bertz CT molecular complexity index is 614. The van der Waals surface area contributed by atoms with Gasteiger partial charge in [0, 0.05) is 12.2 Å². The molecule has 2 aromatic rings. The van der Waals surface area contributed by atoms with Crippen LogP contribution in [0.5, 0.6) is 0 Å². The van der Waals surface area contributed by atoms with E-state index in [4.69, 9.17) is 17.0 Å². The first kappa shape index (κ1) is 12.5. The highest BCUT2D eigenvalue weighted by Gasteiger charge is 2.19. The second-order valence-corrected chi connectivity index (χ2v) is 4.99. The average molecular weight is 279 g/mol. The molecule has 1 fully saturated rings. The van der Waals surface area contributed by atoms with Crippen LogP contribution < -0.4 is 0 Å². The summed E-state index contributed by atoms with van der Waals surface area (Å²) >= 11 is 5.25. The Hall–Kier alpha value is -1.53. The van der Waals surface area contributed by atoms with Gasteiger partial charge in [-0.15, -0.1) is 0 Å². The molecule has 1 atom stereocenters. The number of nitrogens with zero attached hydrogens (tertiary/aromatic N) is 2. The van der Waals surface area contributed by atoms with Crippen molar-refractivity contribution in [2.45, 2.75) is 25.5 Å². The van der Waals surface area contributed by atoms with Gasteiger partial charge in [0.2, 0.25) is 0 Å². The van der Waals surface area contributed by atoms with E-state index in [9.17, 15) is 4.39 Å². The molecule has 0 amide bonds. The van der Waals surface area contributed by atoms with Gasteiger partial charge in [0.1, 0.15) is 5.82 Å². The molecule has 6 heteroatoms. The number of aromatic amines is 1. The summed E-state index contributed by atoms with van der Waals surface area (Å²) < 4.78 is 21.1. The molecular formula is C13H14FN3OS. The molecule has 0 radical (unpaired) electrons. The van der Waals surface area contributed by atoms with E-state index in [0.717, 1.165) is 30.8 Å². The third-order valence-corrected chi connectivity index (χ3v) is 3.58. The predicted octanol–water partition coefficient (Wildman–Crippen LogP) is 2.93. The lowest BCUT2D eigenvalue weighted by Gasteiger charge is -2.12. The molecule has 0 saturated carbocycles. The SMILES string of the molecule is Fc1ccc(-c2n[nH]c(=S)n2C[C@H]2CCCO2)cc1. The summed E-state index contributed by atoms with van der Waals surface area (Å²) in [6, 6.07) is 6.24. The fourth-order valence-electron chi connectivity index (χ4n) is 2.30. The summed E-state index contributed by atoms with van der Waals surface area (Å²) in [5, 5.41) is 7.02. The van der Waals surface area contributed by atoms with Crippen molar-refractivity contribution < 1.29 is 9.13 Å². The van der Waals surface area contributed by atoms with E-state index < -0.39 is 0 Å². The minimum atomic E-state index is -0.261. The zero-order valence-electron chi connectivity index (χ0n) is 10.3. The van der Waals surface area contributed by atoms with Crippen LogP contribution in [0, 0.1) is 10.6 Å². The lowest BCUT2D eigenvalue weighted by atomic mass is 10.2. The smallest absolute Gasteiger partial charge is 0.195 e. The molecule has 0 spiro atoms. The molecule has 1 aliphatic rings. The third-order valence-electron chi connectivity index (χ3n) is 3.27. The Morgan fingerprint density at radius 2 is 2.21 bits per heavy atom. The van der Waals surface area contributed by atoms with Crippen LogP contribution in [0.2, 0.25) is 0 Å². The van der Waals surface area contributed by atoms with E-state index in [2.05, 4.69) is 10.2 Å². The third kappa shape index (κ3) is 2.59. The van der Waals surface area contributed by atoms with E-state index in [1.54, 1.807) is 12.1 Å². The first-order chi connectivity index (χ1) is 9.24. The summed E-state index contributed by atoms with van der Waals surface area (Å²) in [6.07, 6.45) is 2.31. The quantitative estimate of drug-likeness (QED) is 0.878. The van der Waals surface area contributed by atoms with Crippen molar-refractivity contribution in [3.63, 3.8) is 0 Å². The number of H-pyrrole nitrogens is 1. The molecule has 0 bridgehead atoms. The Kier molecular flexibility index (Phi) is 3.44. The van der Waals surface area contributed by atoms with Crippen LogP contribution in [0.15, 0.2) is 24.3 Å². The van der Waals surface area contributed by atoms with Gasteiger partial charge in [-0.3, -0.25) is 9.67 Å². The van der Waals surface area contributed by atoms with Crippen LogP contribution >= 0.6 is 12.2 Å². The molecule has 4 nitrogen and oxygen atoms in total. The average Bonchev–Trinajstić information content (AvgIpc) is 3.03. The summed E-state index contributed by atoms with van der Waals surface area (Å²) in [7, 11) is 0. The topological polar surface area (TPSA) is 42.8 Å². The van der Waals surface area contributed by atoms with E-state index >= 15 is 0 Å².